The summed E-state index contributed by atoms with van der Waals surface area (Å²) in [6.07, 6.45) is 2.55. The van der Waals surface area contributed by atoms with Crippen LogP contribution in [0, 0.1) is 10.1 Å². The average molecular weight is 249 g/mol. The number of nitro groups is 1. The monoisotopic (exact) mass is 249 g/mol. The normalized spacial score (nSPS) is 10.1. The number of nitrogens with zero attached hydrogens (tertiary/aromatic N) is 2. The molecule has 2 aromatic rings. The fraction of sp³-hybridized carbons (Fsp3) is 0.182. The van der Waals surface area contributed by atoms with Crippen molar-refractivity contribution in [3.63, 3.8) is 0 Å². The Kier molecular flexibility index (Phi) is 3.66. The van der Waals surface area contributed by atoms with E-state index in [0.29, 0.717) is 6.54 Å². The van der Waals surface area contributed by atoms with Crippen LogP contribution in [0.2, 0.25) is 0 Å². The Morgan fingerprint density at radius 1 is 1.35 bits per heavy atom. The molecule has 0 aliphatic carbocycles. The summed E-state index contributed by atoms with van der Waals surface area (Å²) in [6.45, 7) is 0.717. The van der Waals surface area contributed by atoms with Crippen molar-refractivity contribution in [2.45, 2.75) is 6.42 Å². The van der Waals surface area contributed by atoms with E-state index in [0.717, 1.165) is 28.5 Å². The molecule has 88 valence electrons. The summed E-state index contributed by atoms with van der Waals surface area (Å²) in [6, 6.07) is 9.01. The van der Waals surface area contributed by atoms with E-state index in [1.54, 1.807) is 12.3 Å². The lowest BCUT2D eigenvalue weighted by molar-refractivity contribution is -0.380. The van der Waals surface area contributed by atoms with Crippen molar-refractivity contribution < 1.29 is 4.92 Å². The maximum Gasteiger partial charge on any atom is 0.326 e. The van der Waals surface area contributed by atoms with Crippen molar-refractivity contribution in [3.8, 4) is 0 Å². The molecule has 0 saturated heterocycles. The molecule has 2 rings (SSSR count). The molecule has 0 aromatic carbocycles. The Bertz CT molecular complexity index is 498. The lowest BCUT2D eigenvalue weighted by atomic mass is 10.3. The van der Waals surface area contributed by atoms with Crippen LogP contribution in [-0.2, 0) is 6.42 Å². The summed E-state index contributed by atoms with van der Waals surface area (Å²) in [7, 11) is 0. The zero-order valence-corrected chi connectivity index (χ0v) is 9.81. The predicted molar refractivity (Wildman–Crippen MR) is 67.4 cm³/mol. The summed E-state index contributed by atoms with van der Waals surface area (Å²) < 4.78 is 0. The predicted octanol–water partition coefficient (Wildman–Crippen LogP) is 2.71. The number of hydrogen-bond acceptors (Lipinski definition) is 5. The number of nitrogens with one attached hydrogen (secondary N) is 1. The lowest BCUT2D eigenvalue weighted by Crippen LogP contribution is -2.04. The number of hydrogen-bond donors (Lipinski definition) is 1. The van der Waals surface area contributed by atoms with Crippen LogP contribution >= 0.6 is 11.3 Å². The molecular weight excluding hydrogens is 238 g/mol. The molecular formula is C11H11N3O2S. The van der Waals surface area contributed by atoms with Crippen molar-refractivity contribution in [1.82, 2.24) is 4.98 Å². The van der Waals surface area contributed by atoms with E-state index in [4.69, 9.17) is 0 Å². The maximum atomic E-state index is 10.5. The van der Waals surface area contributed by atoms with E-state index < -0.39 is 0 Å². The fourth-order valence-corrected chi connectivity index (χ4v) is 2.13. The van der Waals surface area contributed by atoms with E-state index in [1.165, 1.54) is 6.07 Å². The van der Waals surface area contributed by atoms with Crippen LogP contribution in [0.5, 0.6) is 0 Å². The summed E-state index contributed by atoms with van der Waals surface area (Å²) in [4.78, 5) is 14.3. The van der Waals surface area contributed by atoms with Gasteiger partial charge in [0.2, 0.25) is 0 Å². The fourth-order valence-electron chi connectivity index (χ4n) is 1.38. The summed E-state index contributed by atoms with van der Waals surface area (Å²) >= 11 is 1.15. The average Bonchev–Trinajstić information content (AvgIpc) is 2.79. The Balaban J connectivity index is 1.84. The van der Waals surface area contributed by atoms with Gasteiger partial charge < -0.3 is 5.32 Å². The van der Waals surface area contributed by atoms with Crippen LogP contribution in [0.3, 0.4) is 0 Å². The van der Waals surface area contributed by atoms with Crippen LogP contribution in [0.15, 0.2) is 36.5 Å². The molecule has 6 heteroatoms. The van der Waals surface area contributed by atoms with Crippen molar-refractivity contribution >= 4 is 21.3 Å². The summed E-state index contributed by atoms with van der Waals surface area (Å²) in [5.74, 6) is 0. The smallest absolute Gasteiger partial charge is 0.326 e. The molecule has 0 aliphatic rings. The van der Waals surface area contributed by atoms with Gasteiger partial charge in [0.05, 0.1) is 9.92 Å². The molecule has 0 radical (unpaired) electrons. The molecule has 1 N–H and O–H groups in total. The van der Waals surface area contributed by atoms with Gasteiger partial charge in [-0.3, -0.25) is 15.1 Å². The highest BCUT2D eigenvalue weighted by molar-refractivity contribution is 7.19. The Labute approximate surface area is 102 Å². The molecule has 0 saturated carbocycles. The second-order valence-corrected chi connectivity index (χ2v) is 4.46. The second-order valence-electron chi connectivity index (χ2n) is 3.39. The summed E-state index contributed by atoms with van der Waals surface area (Å²) in [5, 5.41) is 14.6. The van der Waals surface area contributed by atoms with Crippen LogP contribution in [-0.4, -0.2) is 16.5 Å². The van der Waals surface area contributed by atoms with Gasteiger partial charge in [0.15, 0.2) is 0 Å². The first-order chi connectivity index (χ1) is 8.25. The number of thiophene rings is 1. The number of rotatable bonds is 5. The zero-order valence-electron chi connectivity index (χ0n) is 9.00. The first kappa shape index (κ1) is 11.5. The van der Waals surface area contributed by atoms with Gasteiger partial charge in [-0.25, -0.2) is 0 Å². The van der Waals surface area contributed by atoms with Gasteiger partial charge >= 0.3 is 5.00 Å². The number of pyridine rings is 1. The van der Waals surface area contributed by atoms with Crippen molar-refractivity contribution in [1.29, 1.82) is 0 Å². The maximum absolute atomic E-state index is 10.5. The topological polar surface area (TPSA) is 68.1 Å². The third-order valence-corrected chi connectivity index (χ3v) is 3.17. The lowest BCUT2D eigenvalue weighted by Gasteiger charge is -2.02. The van der Waals surface area contributed by atoms with Gasteiger partial charge in [-0.05, 0) is 29.5 Å². The quantitative estimate of drug-likeness (QED) is 0.653. The van der Waals surface area contributed by atoms with Crippen molar-refractivity contribution in [2.75, 3.05) is 11.9 Å². The van der Waals surface area contributed by atoms with E-state index in [2.05, 4.69) is 10.3 Å². The number of aromatic nitrogens is 1. The van der Waals surface area contributed by atoms with Crippen LogP contribution in [0.4, 0.5) is 10.0 Å². The highest BCUT2D eigenvalue weighted by atomic mass is 32.1. The highest BCUT2D eigenvalue weighted by Crippen LogP contribution is 2.27. The van der Waals surface area contributed by atoms with Gasteiger partial charge in [0.25, 0.3) is 0 Å². The third-order valence-electron chi connectivity index (χ3n) is 2.18. The molecule has 0 unspecified atom stereocenters. The van der Waals surface area contributed by atoms with E-state index in [1.807, 2.05) is 18.2 Å². The third kappa shape index (κ3) is 3.25. The Morgan fingerprint density at radius 3 is 2.88 bits per heavy atom. The van der Waals surface area contributed by atoms with Gasteiger partial charge in [0.1, 0.15) is 0 Å². The minimum Gasteiger partial charge on any atom is -0.376 e. The first-order valence-corrected chi connectivity index (χ1v) is 5.95. The van der Waals surface area contributed by atoms with Crippen LogP contribution in [0.25, 0.3) is 0 Å². The highest BCUT2D eigenvalue weighted by Gasteiger charge is 2.08. The molecule has 0 aliphatic heterocycles. The minimum atomic E-state index is -0.380. The minimum absolute atomic E-state index is 0.158. The zero-order chi connectivity index (χ0) is 12.1. The Hall–Kier alpha value is -1.95. The molecule has 17 heavy (non-hydrogen) atoms. The Morgan fingerprint density at radius 2 is 2.24 bits per heavy atom. The molecule has 0 atom stereocenters. The summed E-state index contributed by atoms with van der Waals surface area (Å²) in [5.41, 5.74) is 1.01. The molecule has 2 aromatic heterocycles. The van der Waals surface area contributed by atoms with Crippen LogP contribution in [0.1, 0.15) is 5.69 Å². The number of anilines is 1. The second kappa shape index (κ2) is 5.40. The molecule has 0 bridgehead atoms. The molecule has 0 spiro atoms. The van der Waals surface area contributed by atoms with E-state index >= 15 is 0 Å². The van der Waals surface area contributed by atoms with E-state index in [9.17, 15) is 10.1 Å². The standard InChI is InChI=1S/C11H11N3O2S/c15-14(16)11-5-4-10(17-11)13-8-6-9-3-1-2-7-12-9/h1-5,7,13H,6,8H2. The van der Waals surface area contributed by atoms with Crippen molar-refractivity contribution in [2.24, 2.45) is 0 Å². The molecule has 0 amide bonds. The molecule has 0 fully saturated rings. The van der Waals surface area contributed by atoms with Gasteiger partial charge in [-0.1, -0.05) is 6.07 Å². The van der Waals surface area contributed by atoms with Gasteiger partial charge in [0, 0.05) is 30.9 Å². The van der Waals surface area contributed by atoms with Crippen molar-refractivity contribution in [3.05, 3.63) is 52.3 Å². The van der Waals surface area contributed by atoms with Gasteiger partial charge in [-0.15, -0.1) is 0 Å². The van der Waals surface area contributed by atoms with E-state index in [-0.39, 0.29) is 9.92 Å². The van der Waals surface area contributed by atoms with Gasteiger partial charge in [-0.2, -0.15) is 0 Å². The molecule has 2 heterocycles. The SMILES string of the molecule is O=[N+]([O-])c1ccc(NCCc2ccccn2)s1. The molecule has 5 nitrogen and oxygen atoms in total. The van der Waals surface area contributed by atoms with Crippen LogP contribution < -0.4 is 5.32 Å². The largest absolute Gasteiger partial charge is 0.376 e. The first-order valence-electron chi connectivity index (χ1n) is 5.14.